The number of hydrogen-bond donors (Lipinski definition) is 2. The smallest absolute Gasteiger partial charge is 0.119 e. The van der Waals surface area contributed by atoms with Gasteiger partial charge in [0.1, 0.15) is 5.75 Å². The second-order valence-electron chi connectivity index (χ2n) is 7.62. The van der Waals surface area contributed by atoms with E-state index in [1.165, 1.54) is 0 Å². The van der Waals surface area contributed by atoms with Gasteiger partial charge in [0.15, 0.2) is 0 Å². The monoisotopic (exact) mass is 377 g/mol. The highest BCUT2D eigenvalue weighted by Gasteiger charge is 2.35. The third kappa shape index (κ3) is 3.68. The molecule has 0 atom stereocenters. The number of H-pyrrole nitrogens is 1. The maximum atomic E-state index is 11.2. The second kappa shape index (κ2) is 7.78. The number of nitrogens with zero attached hydrogens (tertiary/aromatic N) is 2. The van der Waals surface area contributed by atoms with Gasteiger partial charge in [-0.1, -0.05) is 36.4 Å². The fraction of sp³-hybridized carbons (Fsp3) is 0.348. The minimum Gasteiger partial charge on any atom is -0.497 e. The van der Waals surface area contributed by atoms with Gasteiger partial charge in [-0.2, -0.15) is 5.10 Å². The van der Waals surface area contributed by atoms with Crippen molar-refractivity contribution in [3.05, 3.63) is 71.4 Å². The molecule has 0 amide bonds. The van der Waals surface area contributed by atoms with Gasteiger partial charge in [-0.15, -0.1) is 0 Å². The Bertz CT molecular complexity index is 942. The zero-order valence-electron chi connectivity index (χ0n) is 16.5. The van der Waals surface area contributed by atoms with Gasteiger partial charge >= 0.3 is 0 Å². The van der Waals surface area contributed by atoms with Crippen LogP contribution in [0.2, 0.25) is 0 Å². The fourth-order valence-electron chi connectivity index (χ4n) is 4.15. The number of aliphatic hydroxyl groups is 1. The molecule has 2 aromatic carbocycles. The van der Waals surface area contributed by atoms with Crippen LogP contribution in [0, 0.1) is 6.92 Å². The molecule has 0 unspecified atom stereocenters. The van der Waals surface area contributed by atoms with Crippen molar-refractivity contribution < 1.29 is 9.84 Å². The normalized spacial score (nSPS) is 16.8. The van der Waals surface area contributed by atoms with E-state index in [0.717, 1.165) is 66.2 Å². The van der Waals surface area contributed by atoms with Gasteiger partial charge in [0, 0.05) is 30.8 Å². The van der Waals surface area contributed by atoms with Gasteiger partial charge in [0.25, 0.3) is 0 Å². The Morgan fingerprint density at radius 2 is 1.93 bits per heavy atom. The highest BCUT2D eigenvalue weighted by Crippen LogP contribution is 2.35. The number of rotatable bonds is 5. The van der Waals surface area contributed by atoms with E-state index in [2.05, 4.69) is 40.2 Å². The summed E-state index contributed by atoms with van der Waals surface area (Å²) in [5, 5.41) is 18.6. The summed E-state index contributed by atoms with van der Waals surface area (Å²) >= 11 is 0. The van der Waals surface area contributed by atoms with Gasteiger partial charge in [-0.3, -0.25) is 10.00 Å². The van der Waals surface area contributed by atoms with Gasteiger partial charge in [0.2, 0.25) is 0 Å². The predicted octanol–water partition coefficient (Wildman–Crippen LogP) is 3.88. The third-order valence-corrected chi connectivity index (χ3v) is 5.80. The van der Waals surface area contributed by atoms with Crippen molar-refractivity contribution in [3.63, 3.8) is 0 Å². The van der Waals surface area contributed by atoms with Crippen LogP contribution in [-0.4, -0.2) is 40.4 Å². The number of likely N-dealkylation sites (tertiary alicyclic amines) is 1. The number of aromatic nitrogens is 2. The number of benzene rings is 2. The summed E-state index contributed by atoms with van der Waals surface area (Å²) in [6.45, 7) is 4.60. The first-order valence-electron chi connectivity index (χ1n) is 9.76. The highest BCUT2D eigenvalue weighted by molar-refractivity contribution is 5.64. The topological polar surface area (TPSA) is 61.4 Å². The molecular formula is C23H27N3O2. The van der Waals surface area contributed by atoms with Crippen molar-refractivity contribution in [2.45, 2.75) is 31.9 Å². The van der Waals surface area contributed by atoms with Gasteiger partial charge in [-0.05, 0) is 43.0 Å². The largest absolute Gasteiger partial charge is 0.497 e. The first-order valence-corrected chi connectivity index (χ1v) is 9.76. The maximum absolute atomic E-state index is 11.2. The van der Waals surface area contributed by atoms with Crippen LogP contribution in [0.1, 0.15) is 29.5 Å². The summed E-state index contributed by atoms with van der Waals surface area (Å²) in [6, 6.07) is 16.2. The average molecular weight is 377 g/mol. The molecule has 28 heavy (non-hydrogen) atoms. The number of nitrogens with one attached hydrogen (secondary N) is 1. The van der Waals surface area contributed by atoms with Crippen LogP contribution in [0.5, 0.6) is 5.75 Å². The Balaban J connectivity index is 1.46. The van der Waals surface area contributed by atoms with E-state index in [9.17, 15) is 5.11 Å². The molecule has 0 bridgehead atoms. The van der Waals surface area contributed by atoms with Crippen molar-refractivity contribution in [3.8, 4) is 17.0 Å². The zero-order chi connectivity index (χ0) is 19.6. The van der Waals surface area contributed by atoms with E-state index >= 15 is 0 Å². The van der Waals surface area contributed by atoms with Crippen molar-refractivity contribution in [2.75, 3.05) is 20.2 Å². The van der Waals surface area contributed by atoms with Crippen LogP contribution >= 0.6 is 0 Å². The summed E-state index contributed by atoms with van der Waals surface area (Å²) in [5.74, 6) is 0.833. The van der Waals surface area contributed by atoms with E-state index in [4.69, 9.17) is 4.74 Å². The fourth-order valence-corrected chi connectivity index (χ4v) is 4.15. The van der Waals surface area contributed by atoms with Gasteiger partial charge in [0.05, 0.1) is 24.6 Å². The van der Waals surface area contributed by atoms with Gasteiger partial charge < -0.3 is 9.84 Å². The lowest BCUT2D eigenvalue weighted by Gasteiger charge is -2.39. The van der Waals surface area contributed by atoms with E-state index in [1.807, 2.05) is 36.5 Å². The summed E-state index contributed by atoms with van der Waals surface area (Å²) in [4.78, 5) is 2.39. The van der Waals surface area contributed by atoms with Crippen LogP contribution in [-0.2, 0) is 12.1 Å². The van der Waals surface area contributed by atoms with Crippen molar-refractivity contribution in [1.82, 2.24) is 15.1 Å². The average Bonchev–Trinajstić information content (AvgIpc) is 3.18. The number of aryl methyl sites for hydroxylation is 1. The summed E-state index contributed by atoms with van der Waals surface area (Å²) in [6.07, 6.45) is 3.38. The Hall–Kier alpha value is -2.63. The molecule has 5 nitrogen and oxygen atoms in total. The van der Waals surface area contributed by atoms with Crippen LogP contribution in [0.25, 0.3) is 11.3 Å². The molecule has 1 fully saturated rings. The molecule has 1 aliphatic heterocycles. The summed E-state index contributed by atoms with van der Waals surface area (Å²) < 4.78 is 5.34. The van der Waals surface area contributed by atoms with E-state index < -0.39 is 5.60 Å². The molecular weight excluding hydrogens is 350 g/mol. The molecule has 1 aromatic heterocycles. The lowest BCUT2D eigenvalue weighted by molar-refractivity contribution is -0.0281. The zero-order valence-corrected chi connectivity index (χ0v) is 16.5. The quantitative estimate of drug-likeness (QED) is 0.708. The highest BCUT2D eigenvalue weighted by atomic mass is 16.5. The predicted molar refractivity (Wildman–Crippen MR) is 110 cm³/mol. The lowest BCUT2D eigenvalue weighted by Crippen LogP contribution is -2.42. The molecule has 3 aromatic rings. The molecule has 0 saturated carbocycles. The molecule has 2 heterocycles. The SMILES string of the molecule is COc1cccc(-c2[nH]ncc2CN2CCC(O)(c3ccccc3C)CC2)c1. The standard InChI is InChI=1S/C23H27N3O2/c1-17-6-3-4-9-21(17)23(27)10-12-26(13-11-23)16-19-15-24-25-22(19)18-7-5-8-20(14-18)28-2/h3-9,14-15,27H,10-13,16H2,1-2H3,(H,24,25). The van der Waals surface area contributed by atoms with E-state index in [1.54, 1.807) is 7.11 Å². The molecule has 146 valence electrons. The number of methoxy groups -OCH3 is 1. The Labute approximate surface area is 166 Å². The van der Waals surface area contributed by atoms with E-state index in [-0.39, 0.29) is 0 Å². The molecule has 0 spiro atoms. The summed E-state index contributed by atoms with van der Waals surface area (Å²) in [7, 11) is 1.68. The number of hydrogen-bond acceptors (Lipinski definition) is 4. The Kier molecular flexibility index (Phi) is 5.20. The molecule has 0 radical (unpaired) electrons. The summed E-state index contributed by atoms with van der Waals surface area (Å²) in [5.41, 5.74) is 4.76. The molecule has 1 saturated heterocycles. The third-order valence-electron chi connectivity index (χ3n) is 5.80. The van der Waals surface area contributed by atoms with Crippen LogP contribution < -0.4 is 4.74 Å². The first-order chi connectivity index (χ1) is 13.6. The minimum absolute atomic E-state index is 0.728. The molecule has 2 N–H and O–H groups in total. The lowest BCUT2D eigenvalue weighted by atomic mass is 9.82. The molecule has 5 heteroatoms. The number of ether oxygens (including phenoxy) is 1. The Morgan fingerprint density at radius 1 is 1.14 bits per heavy atom. The van der Waals surface area contributed by atoms with Crippen molar-refractivity contribution in [1.29, 1.82) is 0 Å². The van der Waals surface area contributed by atoms with Crippen LogP contribution in [0.4, 0.5) is 0 Å². The van der Waals surface area contributed by atoms with Crippen LogP contribution in [0.15, 0.2) is 54.7 Å². The minimum atomic E-state index is -0.728. The maximum Gasteiger partial charge on any atom is 0.119 e. The molecule has 1 aliphatic rings. The Morgan fingerprint density at radius 3 is 2.68 bits per heavy atom. The van der Waals surface area contributed by atoms with Crippen LogP contribution in [0.3, 0.4) is 0 Å². The molecule has 0 aliphatic carbocycles. The molecule has 4 rings (SSSR count). The van der Waals surface area contributed by atoms with Crippen molar-refractivity contribution >= 4 is 0 Å². The number of aromatic amines is 1. The first kappa shape index (κ1) is 18.7. The van der Waals surface area contributed by atoms with E-state index in [0.29, 0.717) is 0 Å². The van der Waals surface area contributed by atoms with Gasteiger partial charge in [-0.25, -0.2) is 0 Å². The van der Waals surface area contributed by atoms with Crippen molar-refractivity contribution in [2.24, 2.45) is 0 Å². The number of piperidine rings is 1. The second-order valence-corrected chi connectivity index (χ2v) is 7.62.